The molecule has 0 bridgehead atoms. The van der Waals surface area contributed by atoms with E-state index in [-0.39, 0.29) is 5.16 Å². The molecule has 0 saturated heterocycles. The molecular formula is C10H6BrN4S-. The van der Waals surface area contributed by atoms with Gasteiger partial charge in [-0.3, -0.25) is 0 Å². The maximum Gasteiger partial charge on any atom is 0.161 e. The molecule has 0 fully saturated rings. The third-order valence-electron chi connectivity index (χ3n) is 2.54. The minimum atomic E-state index is 0.275. The lowest BCUT2D eigenvalue weighted by Crippen LogP contribution is -1.94. The molecule has 0 aliphatic carbocycles. The Labute approximate surface area is 105 Å². The first kappa shape index (κ1) is 9.92. The largest absolute Gasteiger partial charge is 0.738 e. The van der Waals surface area contributed by atoms with Gasteiger partial charge in [0.1, 0.15) is 5.52 Å². The SMILES string of the molecule is Cn1c2ccc(Br)cc2c2nnc([S-])nc21. The van der Waals surface area contributed by atoms with Crippen molar-refractivity contribution in [2.24, 2.45) is 7.05 Å². The molecule has 0 amide bonds. The van der Waals surface area contributed by atoms with Crippen molar-refractivity contribution in [1.29, 1.82) is 0 Å². The summed E-state index contributed by atoms with van der Waals surface area (Å²) in [5, 5.41) is 9.24. The molecule has 0 unspecified atom stereocenters. The highest BCUT2D eigenvalue weighted by atomic mass is 79.9. The van der Waals surface area contributed by atoms with Crippen LogP contribution in [0.4, 0.5) is 0 Å². The number of hydrogen-bond donors (Lipinski definition) is 0. The third-order valence-corrected chi connectivity index (χ3v) is 3.21. The Hall–Kier alpha value is -1.27. The summed E-state index contributed by atoms with van der Waals surface area (Å²) in [4.78, 5) is 4.23. The highest BCUT2D eigenvalue weighted by molar-refractivity contribution is 9.10. The molecule has 1 aromatic carbocycles. The smallest absolute Gasteiger partial charge is 0.161 e. The molecule has 2 heterocycles. The molecule has 3 aromatic rings. The normalized spacial score (nSPS) is 11.4. The second-order valence-electron chi connectivity index (χ2n) is 3.49. The lowest BCUT2D eigenvalue weighted by molar-refractivity contribution is 0.858. The second kappa shape index (κ2) is 3.36. The highest BCUT2D eigenvalue weighted by Gasteiger charge is 2.10. The van der Waals surface area contributed by atoms with Crippen LogP contribution in [0, 0.1) is 0 Å². The van der Waals surface area contributed by atoms with E-state index in [1.807, 2.05) is 29.8 Å². The van der Waals surface area contributed by atoms with Crippen molar-refractivity contribution in [2.75, 3.05) is 0 Å². The Balaban J connectivity index is 2.59. The van der Waals surface area contributed by atoms with Gasteiger partial charge in [-0.1, -0.05) is 15.9 Å². The van der Waals surface area contributed by atoms with E-state index in [0.29, 0.717) is 0 Å². The second-order valence-corrected chi connectivity index (χ2v) is 4.77. The minimum Gasteiger partial charge on any atom is -0.738 e. The molecule has 0 aliphatic rings. The van der Waals surface area contributed by atoms with Crippen LogP contribution in [0.25, 0.3) is 22.1 Å². The number of benzene rings is 1. The average Bonchev–Trinajstić information content (AvgIpc) is 2.52. The lowest BCUT2D eigenvalue weighted by atomic mass is 10.2. The van der Waals surface area contributed by atoms with E-state index in [0.717, 1.165) is 26.5 Å². The van der Waals surface area contributed by atoms with Crippen molar-refractivity contribution in [3.63, 3.8) is 0 Å². The van der Waals surface area contributed by atoms with Crippen LogP contribution in [0.1, 0.15) is 0 Å². The van der Waals surface area contributed by atoms with Gasteiger partial charge in [0.25, 0.3) is 0 Å². The summed E-state index contributed by atoms with van der Waals surface area (Å²) >= 11 is 8.37. The zero-order valence-electron chi connectivity index (χ0n) is 8.31. The number of rotatable bonds is 0. The summed E-state index contributed by atoms with van der Waals surface area (Å²) in [6.45, 7) is 0. The zero-order valence-corrected chi connectivity index (χ0v) is 10.7. The van der Waals surface area contributed by atoms with Gasteiger partial charge in [-0.25, -0.2) is 4.98 Å². The van der Waals surface area contributed by atoms with Gasteiger partial charge in [0.15, 0.2) is 5.65 Å². The first-order chi connectivity index (χ1) is 7.66. The van der Waals surface area contributed by atoms with Crippen molar-refractivity contribution < 1.29 is 0 Å². The number of aromatic nitrogens is 4. The van der Waals surface area contributed by atoms with E-state index < -0.39 is 0 Å². The molecule has 4 nitrogen and oxygen atoms in total. The van der Waals surface area contributed by atoms with Crippen LogP contribution < -0.4 is 0 Å². The number of fused-ring (bicyclic) bond motifs is 3. The summed E-state index contributed by atoms with van der Waals surface area (Å²) in [6, 6.07) is 6.02. The van der Waals surface area contributed by atoms with Gasteiger partial charge in [0, 0.05) is 22.1 Å². The molecule has 16 heavy (non-hydrogen) atoms. The molecule has 0 spiro atoms. The van der Waals surface area contributed by atoms with Gasteiger partial charge in [-0.2, -0.15) is 5.10 Å². The Bertz CT molecular complexity index is 707. The predicted molar refractivity (Wildman–Crippen MR) is 67.1 cm³/mol. The Morgan fingerprint density at radius 3 is 2.94 bits per heavy atom. The van der Waals surface area contributed by atoms with Gasteiger partial charge >= 0.3 is 0 Å². The number of nitrogens with zero attached hydrogens (tertiary/aromatic N) is 4. The number of aryl methyl sites for hydroxylation is 1. The minimum absolute atomic E-state index is 0.275. The molecule has 0 N–H and O–H groups in total. The van der Waals surface area contributed by atoms with Crippen LogP contribution in [0.5, 0.6) is 0 Å². The standard InChI is InChI=1S/C10H7BrN4S/c1-15-7-3-2-5(11)4-6(7)8-9(15)12-10(16)14-13-8/h2-4H,1H3,(H,12,14,16)/p-1. The van der Waals surface area contributed by atoms with Crippen molar-refractivity contribution in [3.8, 4) is 0 Å². The predicted octanol–water partition coefficient (Wildman–Crippen LogP) is 2.18. The summed E-state index contributed by atoms with van der Waals surface area (Å²) in [5.41, 5.74) is 2.63. The van der Waals surface area contributed by atoms with Crippen LogP contribution in [-0.4, -0.2) is 19.7 Å². The fourth-order valence-electron chi connectivity index (χ4n) is 1.82. The van der Waals surface area contributed by atoms with E-state index in [4.69, 9.17) is 12.6 Å². The maximum atomic E-state index is 4.92. The molecule has 0 saturated carbocycles. The topological polar surface area (TPSA) is 43.6 Å². The highest BCUT2D eigenvalue weighted by Crippen LogP contribution is 2.27. The molecule has 0 radical (unpaired) electrons. The molecule has 80 valence electrons. The molecule has 2 aromatic heterocycles. The van der Waals surface area contributed by atoms with E-state index in [2.05, 4.69) is 31.1 Å². The van der Waals surface area contributed by atoms with Crippen LogP contribution in [0.2, 0.25) is 0 Å². The van der Waals surface area contributed by atoms with E-state index in [1.165, 1.54) is 0 Å². The van der Waals surface area contributed by atoms with Gasteiger partial charge < -0.3 is 17.2 Å². The number of halogens is 1. The number of hydrogen-bond acceptors (Lipinski definition) is 4. The molecule has 3 rings (SSSR count). The van der Waals surface area contributed by atoms with E-state index >= 15 is 0 Å². The van der Waals surface area contributed by atoms with Crippen LogP contribution in [-0.2, 0) is 19.7 Å². The third kappa shape index (κ3) is 1.30. The first-order valence-electron chi connectivity index (χ1n) is 4.62. The molecule has 0 aliphatic heterocycles. The van der Waals surface area contributed by atoms with Crippen LogP contribution >= 0.6 is 15.9 Å². The van der Waals surface area contributed by atoms with Crippen molar-refractivity contribution >= 4 is 50.6 Å². The Morgan fingerprint density at radius 2 is 2.12 bits per heavy atom. The van der Waals surface area contributed by atoms with Crippen molar-refractivity contribution in [3.05, 3.63) is 22.7 Å². The van der Waals surface area contributed by atoms with E-state index in [1.54, 1.807) is 0 Å². The lowest BCUT2D eigenvalue weighted by Gasteiger charge is -2.01. The molecule has 0 atom stereocenters. The Kier molecular flexibility index (Phi) is 2.08. The van der Waals surface area contributed by atoms with Crippen LogP contribution in [0.15, 0.2) is 27.8 Å². The summed E-state index contributed by atoms with van der Waals surface area (Å²) in [5.74, 6) is 0. The van der Waals surface area contributed by atoms with Gasteiger partial charge in [0.2, 0.25) is 0 Å². The summed E-state index contributed by atoms with van der Waals surface area (Å²) in [6.07, 6.45) is 0. The average molecular weight is 294 g/mol. The quantitative estimate of drug-likeness (QED) is 0.596. The van der Waals surface area contributed by atoms with Crippen LogP contribution in [0.3, 0.4) is 0 Å². The first-order valence-corrected chi connectivity index (χ1v) is 5.82. The monoisotopic (exact) mass is 293 g/mol. The Morgan fingerprint density at radius 1 is 1.31 bits per heavy atom. The van der Waals surface area contributed by atoms with Gasteiger partial charge in [0.05, 0.1) is 5.52 Å². The fourth-order valence-corrected chi connectivity index (χ4v) is 2.30. The van der Waals surface area contributed by atoms with Gasteiger partial charge in [-0.05, 0) is 18.2 Å². The maximum absolute atomic E-state index is 4.92. The van der Waals surface area contributed by atoms with Crippen molar-refractivity contribution in [1.82, 2.24) is 19.7 Å². The summed E-state index contributed by atoms with van der Waals surface area (Å²) < 4.78 is 2.98. The van der Waals surface area contributed by atoms with Crippen molar-refractivity contribution in [2.45, 2.75) is 5.16 Å². The zero-order chi connectivity index (χ0) is 11.3. The van der Waals surface area contributed by atoms with Gasteiger partial charge in [-0.15, -0.1) is 5.10 Å². The summed E-state index contributed by atoms with van der Waals surface area (Å²) in [7, 11) is 1.95. The molecule has 6 heteroatoms. The fraction of sp³-hybridized carbons (Fsp3) is 0.100. The van der Waals surface area contributed by atoms with E-state index in [9.17, 15) is 0 Å². The molecular weight excluding hydrogens is 288 g/mol.